The van der Waals surface area contributed by atoms with Crippen LogP contribution in [0.3, 0.4) is 0 Å². The van der Waals surface area contributed by atoms with Gasteiger partial charge in [-0.05, 0) is 34.8 Å². The molecule has 42 heavy (non-hydrogen) atoms. The van der Waals surface area contributed by atoms with Gasteiger partial charge in [0.25, 0.3) is 0 Å². The lowest BCUT2D eigenvalue weighted by molar-refractivity contribution is 0.237. The Bertz CT molecular complexity index is 1760. The summed E-state index contributed by atoms with van der Waals surface area (Å²) in [5.74, 6) is 7.26. The molecule has 2 aliphatic rings. The highest BCUT2D eigenvalue weighted by Crippen LogP contribution is 2.51. The average Bonchev–Trinajstić information content (AvgIpc) is 3.06. The number of fused-ring (bicyclic) bond motifs is 2. The standard InChI is InChI=1S/C38H34N4/c1-2-29(26-16-6-3-7-17-26)37-31-23-13-12-22-30(31)34(36(42(37)39)28-20-10-5-11-21-28)38-40-33-25-15-14-24-32(33)35(41-38)27-18-8-4-9-19-27/h3-25,34,36,38,40H,2,39H2,1H3/b37-29+. The number of nitrogens with zero attached hydrogens (tertiary/aromatic N) is 2. The Kier molecular flexibility index (Phi) is 6.90. The Labute approximate surface area is 247 Å². The number of nitrogens with one attached hydrogen (secondary N) is 1. The van der Waals surface area contributed by atoms with E-state index in [-0.39, 0.29) is 18.1 Å². The number of anilines is 1. The maximum absolute atomic E-state index is 7.32. The number of aliphatic imine (C=N–C) groups is 1. The lowest BCUT2D eigenvalue weighted by Gasteiger charge is -2.46. The number of benzene rings is 5. The van der Waals surface area contributed by atoms with Gasteiger partial charge < -0.3 is 10.3 Å². The molecule has 0 bridgehead atoms. The van der Waals surface area contributed by atoms with Crippen LogP contribution in [0.1, 0.15) is 58.7 Å². The van der Waals surface area contributed by atoms with Crippen LogP contribution >= 0.6 is 0 Å². The number of hydrazine groups is 1. The van der Waals surface area contributed by atoms with Crippen LogP contribution in [-0.2, 0) is 0 Å². The van der Waals surface area contributed by atoms with Gasteiger partial charge in [0.15, 0.2) is 0 Å². The van der Waals surface area contributed by atoms with Crippen LogP contribution in [0.4, 0.5) is 5.69 Å². The minimum absolute atomic E-state index is 0.0571. The summed E-state index contributed by atoms with van der Waals surface area (Å²) in [5.41, 5.74) is 11.4. The molecule has 2 aliphatic heterocycles. The van der Waals surface area contributed by atoms with Gasteiger partial charge in [0.2, 0.25) is 0 Å². The van der Waals surface area contributed by atoms with Gasteiger partial charge in [-0.25, -0.2) is 5.84 Å². The molecule has 0 aliphatic carbocycles. The Hall–Kier alpha value is -4.93. The van der Waals surface area contributed by atoms with E-state index in [4.69, 9.17) is 10.8 Å². The summed E-state index contributed by atoms with van der Waals surface area (Å²) in [5, 5.41) is 5.85. The number of rotatable bonds is 5. The summed E-state index contributed by atoms with van der Waals surface area (Å²) >= 11 is 0. The molecule has 2 heterocycles. The van der Waals surface area contributed by atoms with E-state index >= 15 is 0 Å². The molecule has 5 aromatic carbocycles. The van der Waals surface area contributed by atoms with Crippen molar-refractivity contribution in [3.8, 4) is 0 Å². The van der Waals surface area contributed by atoms with Crippen molar-refractivity contribution in [1.82, 2.24) is 5.01 Å². The molecule has 4 nitrogen and oxygen atoms in total. The van der Waals surface area contributed by atoms with Crippen molar-refractivity contribution < 1.29 is 0 Å². The molecular formula is C38H34N4. The average molecular weight is 547 g/mol. The molecule has 0 aromatic heterocycles. The summed E-state index contributed by atoms with van der Waals surface area (Å²) in [7, 11) is 0. The molecule has 4 heteroatoms. The molecule has 3 N–H and O–H groups in total. The SMILES string of the molecule is CC/C(=C1/c2ccccc2C(C2N=C(c3ccccc3)c3ccccc3N2)C(c2ccccc2)N1N)c1ccccc1. The second kappa shape index (κ2) is 11.2. The lowest BCUT2D eigenvalue weighted by atomic mass is 9.76. The quantitative estimate of drug-likeness (QED) is 0.218. The van der Waals surface area contributed by atoms with Crippen molar-refractivity contribution in [3.63, 3.8) is 0 Å². The molecule has 0 fully saturated rings. The zero-order valence-corrected chi connectivity index (χ0v) is 23.7. The smallest absolute Gasteiger partial charge is 0.128 e. The third kappa shape index (κ3) is 4.50. The Morgan fingerprint density at radius 2 is 1.31 bits per heavy atom. The summed E-state index contributed by atoms with van der Waals surface area (Å²) < 4.78 is 0. The predicted molar refractivity (Wildman–Crippen MR) is 174 cm³/mol. The van der Waals surface area contributed by atoms with Gasteiger partial charge in [-0.1, -0.05) is 140 Å². The van der Waals surface area contributed by atoms with Crippen LogP contribution in [-0.4, -0.2) is 16.9 Å². The van der Waals surface area contributed by atoms with Crippen LogP contribution < -0.4 is 11.2 Å². The highest BCUT2D eigenvalue weighted by atomic mass is 15.4. The van der Waals surface area contributed by atoms with Gasteiger partial charge in [-0.2, -0.15) is 0 Å². The third-order valence-electron chi connectivity index (χ3n) is 8.52. The van der Waals surface area contributed by atoms with Crippen molar-refractivity contribution in [2.24, 2.45) is 10.8 Å². The van der Waals surface area contributed by atoms with Crippen molar-refractivity contribution in [3.05, 3.63) is 173 Å². The maximum Gasteiger partial charge on any atom is 0.128 e. The highest BCUT2D eigenvalue weighted by Gasteiger charge is 2.43. The minimum atomic E-state index is -0.240. The van der Waals surface area contributed by atoms with Gasteiger partial charge in [0, 0.05) is 22.4 Å². The van der Waals surface area contributed by atoms with E-state index in [9.17, 15) is 0 Å². The van der Waals surface area contributed by atoms with Crippen LogP contribution in [0.2, 0.25) is 0 Å². The second-order valence-electron chi connectivity index (χ2n) is 10.9. The van der Waals surface area contributed by atoms with E-state index in [2.05, 4.69) is 152 Å². The molecule has 7 rings (SSSR count). The monoisotopic (exact) mass is 546 g/mol. The molecule has 0 saturated heterocycles. The normalized spacial score (nSPS) is 20.6. The van der Waals surface area contributed by atoms with Crippen molar-refractivity contribution in [2.45, 2.75) is 31.5 Å². The number of allylic oxidation sites excluding steroid dienone is 1. The van der Waals surface area contributed by atoms with E-state index in [1.807, 2.05) is 5.01 Å². The first-order valence-corrected chi connectivity index (χ1v) is 14.7. The van der Waals surface area contributed by atoms with Crippen LogP contribution in [0.15, 0.2) is 145 Å². The first-order chi connectivity index (χ1) is 20.7. The largest absolute Gasteiger partial charge is 0.363 e. The van der Waals surface area contributed by atoms with Gasteiger partial charge in [0.1, 0.15) is 6.17 Å². The van der Waals surface area contributed by atoms with Gasteiger partial charge >= 0.3 is 0 Å². The van der Waals surface area contributed by atoms with E-state index in [0.717, 1.165) is 45.8 Å². The molecule has 5 aromatic rings. The third-order valence-corrected chi connectivity index (χ3v) is 8.52. The summed E-state index contributed by atoms with van der Waals surface area (Å²) in [6.07, 6.45) is 0.620. The number of hydrogen-bond donors (Lipinski definition) is 2. The lowest BCUT2D eigenvalue weighted by Crippen LogP contribution is -2.47. The summed E-state index contributed by atoms with van der Waals surface area (Å²) in [6.45, 7) is 2.21. The second-order valence-corrected chi connectivity index (χ2v) is 10.9. The minimum Gasteiger partial charge on any atom is -0.363 e. The van der Waals surface area contributed by atoms with Crippen LogP contribution in [0.5, 0.6) is 0 Å². The number of hydrogen-bond acceptors (Lipinski definition) is 4. The zero-order valence-electron chi connectivity index (χ0n) is 23.7. The summed E-state index contributed by atoms with van der Waals surface area (Å²) in [4.78, 5) is 5.48. The van der Waals surface area contributed by atoms with Crippen molar-refractivity contribution >= 4 is 22.7 Å². The van der Waals surface area contributed by atoms with Crippen LogP contribution in [0.25, 0.3) is 11.3 Å². The van der Waals surface area contributed by atoms with Crippen LogP contribution in [0, 0.1) is 0 Å². The fourth-order valence-corrected chi connectivity index (χ4v) is 6.66. The highest BCUT2D eigenvalue weighted by molar-refractivity contribution is 6.17. The zero-order chi connectivity index (χ0) is 28.5. The molecule has 3 atom stereocenters. The molecular weight excluding hydrogens is 512 g/mol. The summed E-state index contributed by atoms with van der Waals surface area (Å²) in [6, 6.07) is 48.8. The molecule has 0 saturated carbocycles. The van der Waals surface area contributed by atoms with E-state index in [0.29, 0.717) is 0 Å². The molecule has 0 spiro atoms. The van der Waals surface area contributed by atoms with Crippen molar-refractivity contribution in [1.29, 1.82) is 0 Å². The number of para-hydroxylation sites is 1. The topological polar surface area (TPSA) is 53.7 Å². The molecule has 0 amide bonds. The molecule has 3 unspecified atom stereocenters. The van der Waals surface area contributed by atoms with E-state index in [1.165, 1.54) is 16.7 Å². The van der Waals surface area contributed by atoms with Crippen molar-refractivity contribution in [2.75, 3.05) is 5.32 Å². The molecule has 0 radical (unpaired) electrons. The first kappa shape index (κ1) is 26.0. The van der Waals surface area contributed by atoms with E-state index < -0.39 is 0 Å². The van der Waals surface area contributed by atoms with Gasteiger partial charge in [-0.15, -0.1) is 0 Å². The predicted octanol–water partition coefficient (Wildman–Crippen LogP) is 8.27. The maximum atomic E-state index is 7.32. The molecule has 206 valence electrons. The number of nitrogens with two attached hydrogens (primary N) is 1. The van der Waals surface area contributed by atoms with E-state index in [1.54, 1.807) is 0 Å². The van der Waals surface area contributed by atoms with Gasteiger partial charge in [-0.3, -0.25) is 4.99 Å². The fraction of sp³-hybridized carbons (Fsp3) is 0.132. The Morgan fingerprint density at radius 1 is 0.714 bits per heavy atom. The first-order valence-electron chi connectivity index (χ1n) is 14.7. The van der Waals surface area contributed by atoms with Gasteiger partial charge in [0.05, 0.1) is 23.4 Å². The Balaban J connectivity index is 1.48. The Morgan fingerprint density at radius 3 is 2.02 bits per heavy atom. The fourth-order valence-electron chi connectivity index (χ4n) is 6.66.